The fraction of sp³-hybridized carbons (Fsp3) is 0.278. The molecule has 0 aliphatic rings. The first kappa shape index (κ1) is 17.2. The van der Waals surface area contributed by atoms with Crippen LogP contribution in [0.2, 0.25) is 5.02 Å². The van der Waals surface area contributed by atoms with E-state index < -0.39 is 5.41 Å². The van der Waals surface area contributed by atoms with Crippen LogP contribution in [-0.2, 0) is 4.79 Å². The third kappa shape index (κ3) is 4.63. The van der Waals surface area contributed by atoms with Crippen molar-refractivity contribution in [3.8, 4) is 17.2 Å². The number of ether oxygens (including phenoxy) is 2. The molecule has 0 aliphatic heterocycles. The number of anilines is 1. The van der Waals surface area contributed by atoms with Crippen LogP contribution in [-0.4, -0.2) is 13.0 Å². The van der Waals surface area contributed by atoms with Gasteiger partial charge in [-0.05, 0) is 42.5 Å². The summed E-state index contributed by atoms with van der Waals surface area (Å²) >= 11 is 6.03. The molecule has 5 heteroatoms. The largest absolute Gasteiger partial charge is 0.497 e. The molecule has 0 heterocycles. The molecule has 0 bridgehead atoms. The minimum atomic E-state index is -0.514. The van der Waals surface area contributed by atoms with Crippen molar-refractivity contribution in [1.29, 1.82) is 0 Å². The molecule has 4 nitrogen and oxygen atoms in total. The summed E-state index contributed by atoms with van der Waals surface area (Å²) in [7, 11) is 1.61. The quantitative estimate of drug-likeness (QED) is 0.844. The number of amides is 1. The lowest BCUT2D eigenvalue weighted by atomic mass is 9.95. The Balaban J connectivity index is 2.25. The van der Waals surface area contributed by atoms with Crippen molar-refractivity contribution < 1.29 is 14.3 Å². The van der Waals surface area contributed by atoms with Crippen molar-refractivity contribution in [2.45, 2.75) is 20.8 Å². The Morgan fingerprint density at radius 3 is 2.22 bits per heavy atom. The number of carbonyl (C=O) groups excluding carboxylic acids is 1. The molecule has 0 aliphatic carbocycles. The van der Waals surface area contributed by atoms with Gasteiger partial charge in [-0.3, -0.25) is 4.79 Å². The molecule has 0 atom stereocenters. The van der Waals surface area contributed by atoms with Crippen LogP contribution in [0.25, 0.3) is 0 Å². The maximum atomic E-state index is 12.2. The van der Waals surface area contributed by atoms with E-state index in [1.54, 1.807) is 49.6 Å². The molecule has 0 fully saturated rings. The molecule has 0 saturated carbocycles. The van der Waals surface area contributed by atoms with E-state index >= 15 is 0 Å². The van der Waals surface area contributed by atoms with Crippen LogP contribution in [0.3, 0.4) is 0 Å². The predicted octanol–water partition coefficient (Wildman–Crippen LogP) is 5.13. The van der Waals surface area contributed by atoms with Crippen LogP contribution in [0, 0.1) is 5.41 Å². The number of rotatable bonds is 4. The zero-order valence-electron chi connectivity index (χ0n) is 13.6. The lowest BCUT2D eigenvalue weighted by Crippen LogP contribution is -2.27. The van der Waals surface area contributed by atoms with Crippen LogP contribution in [0.15, 0.2) is 42.5 Å². The average Bonchev–Trinajstić information content (AvgIpc) is 2.49. The van der Waals surface area contributed by atoms with Crippen LogP contribution >= 0.6 is 11.6 Å². The summed E-state index contributed by atoms with van der Waals surface area (Å²) in [5.74, 6) is 1.80. The van der Waals surface area contributed by atoms with Crippen LogP contribution in [0.4, 0.5) is 5.69 Å². The van der Waals surface area contributed by atoms with Crippen molar-refractivity contribution in [3.05, 3.63) is 47.5 Å². The predicted molar refractivity (Wildman–Crippen MR) is 92.6 cm³/mol. The molecular weight excluding hydrogens is 314 g/mol. The van der Waals surface area contributed by atoms with E-state index in [4.69, 9.17) is 21.1 Å². The van der Waals surface area contributed by atoms with Crippen LogP contribution in [0.1, 0.15) is 20.8 Å². The van der Waals surface area contributed by atoms with Gasteiger partial charge in [0, 0.05) is 10.4 Å². The lowest BCUT2D eigenvalue weighted by Gasteiger charge is -2.19. The molecular formula is C18H20ClNO3. The molecule has 0 spiro atoms. The molecule has 23 heavy (non-hydrogen) atoms. The van der Waals surface area contributed by atoms with E-state index in [0.29, 0.717) is 22.2 Å². The Morgan fingerprint density at radius 1 is 1.04 bits per heavy atom. The smallest absolute Gasteiger partial charge is 0.229 e. The van der Waals surface area contributed by atoms with Gasteiger partial charge in [0.05, 0.1) is 12.8 Å². The first-order valence-electron chi connectivity index (χ1n) is 7.22. The highest BCUT2D eigenvalue weighted by atomic mass is 35.5. The fourth-order valence-electron chi connectivity index (χ4n) is 1.77. The summed E-state index contributed by atoms with van der Waals surface area (Å²) in [5.41, 5.74) is 0.0212. The van der Waals surface area contributed by atoms with Gasteiger partial charge in [-0.15, -0.1) is 0 Å². The first-order valence-corrected chi connectivity index (χ1v) is 7.60. The Kier molecular flexibility index (Phi) is 5.16. The van der Waals surface area contributed by atoms with Gasteiger partial charge in [-0.25, -0.2) is 0 Å². The highest BCUT2D eigenvalue weighted by Gasteiger charge is 2.22. The third-order valence-corrected chi connectivity index (χ3v) is 3.39. The highest BCUT2D eigenvalue weighted by molar-refractivity contribution is 6.31. The van der Waals surface area contributed by atoms with E-state index in [1.807, 2.05) is 20.8 Å². The average molecular weight is 334 g/mol. The Morgan fingerprint density at radius 2 is 1.65 bits per heavy atom. The van der Waals surface area contributed by atoms with Crippen LogP contribution in [0.5, 0.6) is 17.2 Å². The number of carbonyl (C=O) groups is 1. The molecule has 2 aromatic rings. The molecule has 1 N–H and O–H groups in total. The van der Waals surface area contributed by atoms with Gasteiger partial charge < -0.3 is 14.8 Å². The van der Waals surface area contributed by atoms with E-state index in [9.17, 15) is 4.79 Å². The monoisotopic (exact) mass is 333 g/mol. The number of hydrogen-bond donors (Lipinski definition) is 1. The maximum Gasteiger partial charge on any atom is 0.229 e. The van der Waals surface area contributed by atoms with Gasteiger partial charge in [0.2, 0.25) is 5.91 Å². The summed E-state index contributed by atoms with van der Waals surface area (Å²) < 4.78 is 11.0. The number of halogens is 1. The third-order valence-electron chi connectivity index (χ3n) is 3.16. The standard InChI is InChI=1S/C18H20ClNO3/c1-18(2,3)17(21)20-15-11-12(19)5-10-16(15)23-14-8-6-13(22-4)7-9-14/h5-11H,1-4H3,(H,20,21). The number of benzene rings is 2. The number of methoxy groups -OCH3 is 1. The summed E-state index contributed by atoms with van der Waals surface area (Å²) in [6, 6.07) is 12.3. The topological polar surface area (TPSA) is 47.6 Å². The normalized spacial score (nSPS) is 11.0. The first-order chi connectivity index (χ1) is 10.8. The zero-order valence-corrected chi connectivity index (χ0v) is 14.4. The molecule has 122 valence electrons. The minimum Gasteiger partial charge on any atom is -0.497 e. The second-order valence-electron chi connectivity index (χ2n) is 6.12. The molecule has 1 amide bonds. The maximum absolute atomic E-state index is 12.2. The fourth-order valence-corrected chi connectivity index (χ4v) is 1.94. The second kappa shape index (κ2) is 6.92. The number of nitrogens with one attached hydrogen (secondary N) is 1. The molecule has 0 radical (unpaired) electrons. The van der Waals surface area contributed by atoms with Gasteiger partial charge in [-0.1, -0.05) is 32.4 Å². The highest BCUT2D eigenvalue weighted by Crippen LogP contribution is 2.33. The molecule has 2 aromatic carbocycles. The van der Waals surface area contributed by atoms with Gasteiger partial charge in [0.25, 0.3) is 0 Å². The van der Waals surface area contributed by atoms with E-state index in [1.165, 1.54) is 0 Å². The van der Waals surface area contributed by atoms with E-state index in [2.05, 4.69) is 5.32 Å². The zero-order chi connectivity index (χ0) is 17.0. The second-order valence-corrected chi connectivity index (χ2v) is 6.56. The summed E-state index contributed by atoms with van der Waals surface area (Å²) in [4.78, 5) is 12.2. The van der Waals surface area contributed by atoms with Crippen molar-refractivity contribution in [2.24, 2.45) is 5.41 Å². The Labute approximate surface area is 141 Å². The molecule has 2 rings (SSSR count). The van der Waals surface area contributed by atoms with Crippen molar-refractivity contribution in [2.75, 3.05) is 12.4 Å². The Bertz CT molecular complexity index is 690. The van der Waals surface area contributed by atoms with Gasteiger partial charge in [-0.2, -0.15) is 0 Å². The van der Waals surface area contributed by atoms with Gasteiger partial charge >= 0.3 is 0 Å². The molecule has 0 unspecified atom stereocenters. The minimum absolute atomic E-state index is 0.112. The van der Waals surface area contributed by atoms with Crippen molar-refractivity contribution in [1.82, 2.24) is 0 Å². The number of hydrogen-bond acceptors (Lipinski definition) is 3. The summed E-state index contributed by atoms with van der Waals surface area (Å²) in [6.45, 7) is 5.53. The van der Waals surface area contributed by atoms with Gasteiger partial charge in [0.15, 0.2) is 5.75 Å². The van der Waals surface area contributed by atoms with Crippen molar-refractivity contribution >= 4 is 23.2 Å². The van der Waals surface area contributed by atoms with Gasteiger partial charge in [0.1, 0.15) is 11.5 Å². The SMILES string of the molecule is COc1ccc(Oc2ccc(Cl)cc2NC(=O)C(C)(C)C)cc1. The molecule has 0 aromatic heterocycles. The van der Waals surface area contributed by atoms with Crippen LogP contribution < -0.4 is 14.8 Å². The van der Waals surface area contributed by atoms with Crippen molar-refractivity contribution in [3.63, 3.8) is 0 Å². The summed E-state index contributed by atoms with van der Waals surface area (Å²) in [6.07, 6.45) is 0. The Hall–Kier alpha value is -2.20. The molecule has 0 saturated heterocycles. The lowest BCUT2D eigenvalue weighted by molar-refractivity contribution is -0.123. The van der Waals surface area contributed by atoms with E-state index in [-0.39, 0.29) is 5.91 Å². The summed E-state index contributed by atoms with van der Waals surface area (Å²) in [5, 5.41) is 3.39. The van der Waals surface area contributed by atoms with E-state index in [0.717, 1.165) is 5.75 Å².